The first kappa shape index (κ1) is 19.0. The smallest absolute Gasteiger partial charge is 0.321 e. The average Bonchev–Trinajstić information content (AvgIpc) is 2.38. The number of nitro groups is 1. The molecular weight excluding hydrogens is 324 g/mol. The zero-order chi connectivity index (χ0) is 17.9. The van der Waals surface area contributed by atoms with Crippen LogP contribution in [0.5, 0.6) is 0 Å². The first-order valence-corrected chi connectivity index (χ1v) is 8.45. The van der Waals surface area contributed by atoms with Gasteiger partial charge in [0.2, 0.25) is 10.0 Å². The van der Waals surface area contributed by atoms with Gasteiger partial charge in [-0.05, 0) is 31.7 Å². The molecule has 0 spiro atoms. The van der Waals surface area contributed by atoms with Crippen LogP contribution in [0.25, 0.3) is 0 Å². The van der Waals surface area contributed by atoms with E-state index in [2.05, 4.69) is 4.72 Å². The highest BCUT2D eigenvalue weighted by molar-refractivity contribution is 7.89. The fourth-order valence-corrected chi connectivity index (χ4v) is 3.92. The Morgan fingerprint density at radius 1 is 1.30 bits per heavy atom. The van der Waals surface area contributed by atoms with Crippen molar-refractivity contribution >= 4 is 21.7 Å². The molecule has 0 aliphatic rings. The van der Waals surface area contributed by atoms with Gasteiger partial charge in [0.15, 0.2) is 4.90 Å². The normalized spacial score (nSPS) is 13.1. The maximum absolute atomic E-state index is 12.5. The third-order valence-corrected chi connectivity index (χ3v) is 4.93. The van der Waals surface area contributed by atoms with Gasteiger partial charge in [0.1, 0.15) is 6.04 Å². The molecule has 1 aromatic carbocycles. The van der Waals surface area contributed by atoms with E-state index in [9.17, 15) is 28.4 Å². The topological polar surface area (TPSA) is 127 Å². The molecule has 0 aromatic heterocycles. The molecule has 8 nitrogen and oxygen atoms in total. The van der Waals surface area contributed by atoms with Crippen molar-refractivity contribution in [2.45, 2.75) is 45.1 Å². The lowest BCUT2D eigenvalue weighted by Gasteiger charge is -2.18. The second kappa shape index (κ2) is 7.05. The maximum atomic E-state index is 12.5. The Bertz CT molecular complexity index is 727. The Hall–Kier alpha value is -2.00. The molecule has 0 aliphatic carbocycles. The molecule has 1 aromatic rings. The van der Waals surface area contributed by atoms with Gasteiger partial charge in [0.05, 0.1) is 4.92 Å². The van der Waals surface area contributed by atoms with Crippen molar-refractivity contribution in [1.29, 1.82) is 0 Å². The molecular formula is C14H20N2O6S. The fourth-order valence-electron chi connectivity index (χ4n) is 2.25. The van der Waals surface area contributed by atoms with Crippen LogP contribution in [0.3, 0.4) is 0 Å². The van der Waals surface area contributed by atoms with Crippen LogP contribution < -0.4 is 4.72 Å². The summed E-state index contributed by atoms with van der Waals surface area (Å²) in [4.78, 5) is 21.2. The number of aryl methyl sites for hydroxylation is 2. The van der Waals surface area contributed by atoms with Crippen molar-refractivity contribution in [2.24, 2.45) is 5.92 Å². The number of carboxylic acids is 1. The van der Waals surface area contributed by atoms with E-state index < -0.39 is 37.5 Å². The minimum Gasteiger partial charge on any atom is -0.480 e. The highest BCUT2D eigenvalue weighted by atomic mass is 32.2. The second-order valence-electron chi connectivity index (χ2n) is 5.78. The van der Waals surface area contributed by atoms with Crippen molar-refractivity contribution in [3.8, 4) is 0 Å². The summed E-state index contributed by atoms with van der Waals surface area (Å²) in [6.07, 6.45) is 0.0766. The summed E-state index contributed by atoms with van der Waals surface area (Å²) in [6.45, 7) is 6.37. The van der Waals surface area contributed by atoms with Crippen molar-refractivity contribution in [3.63, 3.8) is 0 Å². The zero-order valence-corrected chi connectivity index (χ0v) is 14.2. The van der Waals surface area contributed by atoms with E-state index in [1.807, 2.05) is 0 Å². The van der Waals surface area contributed by atoms with Gasteiger partial charge < -0.3 is 5.11 Å². The molecule has 1 atom stereocenters. The summed E-state index contributed by atoms with van der Waals surface area (Å²) in [6, 6.07) is 1.56. The fraction of sp³-hybridized carbons (Fsp3) is 0.500. The largest absolute Gasteiger partial charge is 0.480 e. The van der Waals surface area contributed by atoms with E-state index in [0.29, 0.717) is 0 Å². The molecule has 0 saturated heterocycles. The number of nitrogens with zero attached hydrogens (tertiary/aromatic N) is 1. The lowest BCUT2D eigenvalue weighted by Crippen LogP contribution is -2.42. The van der Waals surface area contributed by atoms with Crippen molar-refractivity contribution in [2.75, 3.05) is 0 Å². The Balaban J connectivity index is 3.41. The number of aliphatic carboxylic acids is 1. The van der Waals surface area contributed by atoms with Gasteiger partial charge in [-0.2, -0.15) is 4.72 Å². The first-order chi connectivity index (χ1) is 10.5. The van der Waals surface area contributed by atoms with Crippen LogP contribution in [0.1, 0.15) is 31.4 Å². The van der Waals surface area contributed by atoms with E-state index in [4.69, 9.17) is 0 Å². The zero-order valence-electron chi connectivity index (χ0n) is 13.4. The first-order valence-electron chi connectivity index (χ1n) is 6.97. The van der Waals surface area contributed by atoms with E-state index >= 15 is 0 Å². The Morgan fingerprint density at radius 2 is 1.83 bits per heavy atom. The Kier molecular flexibility index (Phi) is 5.84. The van der Waals surface area contributed by atoms with Gasteiger partial charge in [-0.15, -0.1) is 0 Å². The van der Waals surface area contributed by atoms with Gasteiger partial charge in [-0.3, -0.25) is 14.9 Å². The van der Waals surface area contributed by atoms with Crippen molar-refractivity contribution in [1.82, 2.24) is 4.72 Å². The maximum Gasteiger partial charge on any atom is 0.321 e. The molecule has 0 amide bonds. The molecule has 0 saturated carbocycles. The lowest BCUT2D eigenvalue weighted by molar-refractivity contribution is -0.388. The lowest BCUT2D eigenvalue weighted by atomic mass is 10.1. The monoisotopic (exact) mass is 344 g/mol. The molecule has 23 heavy (non-hydrogen) atoms. The summed E-state index contributed by atoms with van der Waals surface area (Å²) >= 11 is 0. The van der Waals surface area contributed by atoms with Gasteiger partial charge in [0.25, 0.3) is 5.69 Å². The molecule has 9 heteroatoms. The molecule has 0 radical (unpaired) electrons. The van der Waals surface area contributed by atoms with Crippen LogP contribution in [-0.2, 0) is 14.8 Å². The van der Waals surface area contributed by atoms with Gasteiger partial charge >= 0.3 is 5.97 Å². The van der Waals surface area contributed by atoms with Crippen molar-refractivity contribution in [3.05, 3.63) is 33.4 Å². The number of nitrogens with one attached hydrogen (secondary N) is 1. The van der Waals surface area contributed by atoms with Crippen LogP contribution in [0.2, 0.25) is 0 Å². The van der Waals surface area contributed by atoms with Crippen LogP contribution in [0, 0.1) is 29.9 Å². The van der Waals surface area contributed by atoms with Gasteiger partial charge in [-0.25, -0.2) is 8.42 Å². The summed E-state index contributed by atoms with van der Waals surface area (Å²) < 4.78 is 27.2. The van der Waals surface area contributed by atoms with Crippen LogP contribution >= 0.6 is 0 Å². The number of carboxylic acid groups (broad SMARTS) is 1. The summed E-state index contributed by atoms with van der Waals surface area (Å²) in [5.41, 5.74) is -0.161. The van der Waals surface area contributed by atoms with Crippen molar-refractivity contribution < 1.29 is 23.2 Å². The predicted molar refractivity (Wildman–Crippen MR) is 83.8 cm³/mol. The predicted octanol–water partition coefficient (Wildman–Crippen LogP) is 1.99. The molecule has 0 heterocycles. The average molecular weight is 344 g/mol. The number of sulfonamides is 1. The highest BCUT2D eigenvalue weighted by Gasteiger charge is 2.33. The van der Waals surface area contributed by atoms with Crippen LogP contribution in [0.15, 0.2) is 17.0 Å². The van der Waals surface area contributed by atoms with E-state index in [1.54, 1.807) is 13.8 Å². The number of hydrogen-bond acceptors (Lipinski definition) is 5. The number of benzene rings is 1. The minimum atomic E-state index is -4.35. The summed E-state index contributed by atoms with van der Waals surface area (Å²) in [7, 11) is -4.35. The third kappa shape index (κ3) is 4.49. The second-order valence-corrected chi connectivity index (χ2v) is 7.43. The van der Waals surface area contributed by atoms with Gasteiger partial charge in [0, 0.05) is 5.56 Å². The molecule has 1 rings (SSSR count). The minimum absolute atomic E-state index is 0.0626. The van der Waals surface area contributed by atoms with Gasteiger partial charge in [-0.1, -0.05) is 26.0 Å². The van der Waals surface area contributed by atoms with E-state index in [1.165, 1.54) is 26.0 Å². The molecule has 128 valence electrons. The Morgan fingerprint density at radius 3 is 2.26 bits per heavy atom. The molecule has 0 bridgehead atoms. The summed E-state index contributed by atoms with van der Waals surface area (Å²) in [5, 5.41) is 20.4. The van der Waals surface area contributed by atoms with E-state index in [0.717, 1.165) is 0 Å². The molecule has 1 unspecified atom stereocenters. The van der Waals surface area contributed by atoms with Crippen LogP contribution in [-0.4, -0.2) is 30.5 Å². The number of nitro benzene ring substituents is 1. The molecule has 0 aliphatic heterocycles. The SMILES string of the molecule is Cc1ccc(C)c(S(=O)(=O)NC(CC(C)C)C(=O)O)c1[N+](=O)[O-]. The standard InChI is InChI=1S/C14H20N2O6S/c1-8(2)7-11(14(17)18)15-23(21,22)13-10(4)6-5-9(3)12(13)16(19)20/h5-6,8,11,15H,7H2,1-4H3,(H,17,18). The number of carbonyl (C=O) groups is 1. The molecule has 0 fully saturated rings. The third-order valence-electron chi connectivity index (χ3n) is 3.28. The highest BCUT2D eigenvalue weighted by Crippen LogP contribution is 2.30. The molecule has 2 N–H and O–H groups in total. The summed E-state index contributed by atoms with van der Waals surface area (Å²) in [5.74, 6) is -1.39. The Labute approximate surface area is 134 Å². The quantitative estimate of drug-likeness (QED) is 0.575. The number of rotatable bonds is 7. The van der Waals surface area contributed by atoms with E-state index in [-0.39, 0.29) is 23.5 Å². The number of hydrogen-bond donors (Lipinski definition) is 2. The van der Waals surface area contributed by atoms with Crippen LogP contribution in [0.4, 0.5) is 5.69 Å².